The van der Waals surface area contributed by atoms with Crippen LogP contribution in [0.1, 0.15) is 53.4 Å². The first-order chi connectivity index (χ1) is 6.79. The lowest BCUT2D eigenvalue weighted by molar-refractivity contribution is 0.471. The highest BCUT2D eigenvalue weighted by Gasteiger charge is 2.15. The fourth-order valence-corrected chi connectivity index (χ4v) is 5.94. The van der Waals surface area contributed by atoms with E-state index in [1.807, 2.05) is 0 Å². The van der Waals surface area contributed by atoms with Gasteiger partial charge >= 0.3 is 0 Å². The van der Waals surface area contributed by atoms with Gasteiger partial charge in [-0.3, -0.25) is 0 Å². The van der Waals surface area contributed by atoms with E-state index < -0.39 is 8.96 Å². The van der Waals surface area contributed by atoms with Crippen LogP contribution in [0.5, 0.6) is 0 Å². The minimum Gasteiger partial charge on any atom is -0.327 e. The first-order valence-electron chi connectivity index (χ1n) is 6.54. The molecule has 0 aliphatic carbocycles. The minimum absolute atomic E-state index is 0.551. The Morgan fingerprint density at radius 1 is 0.786 bits per heavy atom. The Bertz CT molecular complexity index is 105. The van der Waals surface area contributed by atoms with Crippen LogP contribution in [0.2, 0.25) is 12.1 Å². The molecule has 0 aromatic carbocycles. The Hall–Kier alpha value is 0.177. The summed E-state index contributed by atoms with van der Waals surface area (Å²) in [6, 6.07) is 3.08. The van der Waals surface area contributed by atoms with Crippen LogP contribution in [0.3, 0.4) is 0 Å². The number of hydrogen-bond donors (Lipinski definition) is 0. The normalized spacial score (nSPS) is 11.6. The molecular formula is C12H29NSi. The van der Waals surface area contributed by atoms with Crippen molar-refractivity contribution >= 4 is 8.96 Å². The van der Waals surface area contributed by atoms with Gasteiger partial charge in [0.15, 0.2) is 0 Å². The van der Waals surface area contributed by atoms with Gasteiger partial charge in [-0.15, -0.1) is 0 Å². The zero-order chi connectivity index (χ0) is 10.8. The predicted octanol–water partition coefficient (Wildman–Crippen LogP) is 3.65. The smallest absolute Gasteiger partial charge is 0.111 e. The number of hydrogen-bond acceptors (Lipinski definition) is 1. The third-order valence-electron chi connectivity index (χ3n) is 3.11. The van der Waals surface area contributed by atoms with E-state index in [-0.39, 0.29) is 0 Å². The second kappa shape index (κ2) is 9.72. The Labute approximate surface area is 92.6 Å². The van der Waals surface area contributed by atoms with E-state index in [4.69, 9.17) is 0 Å². The SMILES string of the molecule is CCCC[SiH](CCCC)N(CC)CC. The Balaban J connectivity index is 3.92. The molecule has 0 heterocycles. The van der Waals surface area contributed by atoms with Crippen molar-refractivity contribution in [3.8, 4) is 0 Å². The van der Waals surface area contributed by atoms with E-state index in [1.165, 1.54) is 50.9 Å². The van der Waals surface area contributed by atoms with Crippen LogP contribution in [0.15, 0.2) is 0 Å². The molecular weight excluding hydrogens is 186 g/mol. The van der Waals surface area contributed by atoms with Gasteiger partial charge in [-0.1, -0.05) is 53.4 Å². The van der Waals surface area contributed by atoms with Crippen LogP contribution in [-0.4, -0.2) is 26.6 Å². The Kier molecular flexibility index (Phi) is 9.84. The highest BCUT2D eigenvalue weighted by atomic mass is 28.3. The summed E-state index contributed by atoms with van der Waals surface area (Å²) in [4.78, 5) is 0. The molecule has 0 unspecified atom stereocenters. The average Bonchev–Trinajstić information content (AvgIpc) is 2.22. The predicted molar refractivity (Wildman–Crippen MR) is 69.5 cm³/mol. The van der Waals surface area contributed by atoms with Crippen LogP contribution in [0.4, 0.5) is 0 Å². The second-order valence-electron chi connectivity index (χ2n) is 4.16. The molecule has 0 saturated carbocycles. The summed E-state index contributed by atoms with van der Waals surface area (Å²) >= 11 is 0. The zero-order valence-corrected chi connectivity index (χ0v) is 11.8. The van der Waals surface area contributed by atoms with E-state index in [9.17, 15) is 0 Å². The van der Waals surface area contributed by atoms with Crippen molar-refractivity contribution in [1.29, 1.82) is 0 Å². The maximum absolute atomic E-state index is 2.77. The molecule has 1 nitrogen and oxygen atoms in total. The van der Waals surface area contributed by atoms with Crippen molar-refractivity contribution in [3.63, 3.8) is 0 Å². The third kappa shape index (κ3) is 5.81. The summed E-state index contributed by atoms with van der Waals surface area (Å²) in [5.41, 5.74) is 0. The molecule has 86 valence electrons. The van der Waals surface area contributed by atoms with Gasteiger partial charge in [0, 0.05) is 0 Å². The van der Waals surface area contributed by atoms with Gasteiger partial charge in [-0.2, -0.15) is 0 Å². The summed E-state index contributed by atoms with van der Waals surface area (Å²) in [5.74, 6) is 0. The minimum atomic E-state index is -0.551. The largest absolute Gasteiger partial charge is 0.327 e. The number of unbranched alkanes of at least 4 members (excludes halogenated alkanes) is 2. The van der Waals surface area contributed by atoms with Crippen LogP contribution in [-0.2, 0) is 0 Å². The van der Waals surface area contributed by atoms with Crippen LogP contribution in [0.25, 0.3) is 0 Å². The van der Waals surface area contributed by atoms with E-state index in [0.29, 0.717) is 0 Å². The quantitative estimate of drug-likeness (QED) is 0.531. The van der Waals surface area contributed by atoms with Gasteiger partial charge in [0.25, 0.3) is 0 Å². The average molecular weight is 215 g/mol. The highest BCUT2D eigenvalue weighted by Crippen LogP contribution is 2.13. The van der Waals surface area contributed by atoms with Gasteiger partial charge in [0.05, 0.1) is 0 Å². The molecule has 0 bridgehead atoms. The fourth-order valence-electron chi connectivity index (χ4n) is 2.13. The summed E-state index contributed by atoms with van der Waals surface area (Å²) in [6.07, 6.45) is 5.65. The van der Waals surface area contributed by atoms with Gasteiger partial charge in [-0.25, -0.2) is 0 Å². The van der Waals surface area contributed by atoms with Crippen molar-refractivity contribution in [2.75, 3.05) is 13.1 Å². The molecule has 0 spiro atoms. The van der Waals surface area contributed by atoms with E-state index in [0.717, 1.165) is 0 Å². The molecule has 0 saturated heterocycles. The van der Waals surface area contributed by atoms with E-state index in [2.05, 4.69) is 32.3 Å². The highest BCUT2D eigenvalue weighted by molar-refractivity contribution is 6.55. The molecule has 0 radical (unpaired) electrons. The maximum Gasteiger partial charge on any atom is 0.111 e. The lowest BCUT2D eigenvalue weighted by Gasteiger charge is -2.28. The van der Waals surface area contributed by atoms with E-state index >= 15 is 0 Å². The number of rotatable bonds is 9. The third-order valence-corrected chi connectivity index (χ3v) is 7.02. The lowest BCUT2D eigenvalue weighted by Crippen LogP contribution is -2.38. The molecule has 0 atom stereocenters. The first kappa shape index (κ1) is 14.2. The fraction of sp³-hybridized carbons (Fsp3) is 1.00. The molecule has 2 heteroatoms. The molecule has 0 aromatic rings. The van der Waals surface area contributed by atoms with Crippen molar-refractivity contribution < 1.29 is 0 Å². The summed E-state index contributed by atoms with van der Waals surface area (Å²) < 4.78 is 2.77. The summed E-state index contributed by atoms with van der Waals surface area (Å²) in [6.45, 7) is 11.8. The number of nitrogens with zero attached hydrogens (tertiary/aromatic N) is 1. The van der Waals surface area contributed by atoms with E-state index in [1.54, 1.807) is 0 Å². The molecule has 0 amide bonds. The molecule has 0 aliphatic heterocycles. The Morgan fingerprint density at radius 2 is 1.21 bits per heavy atom. The molecule has 0 rings (SSSR count). The van der Waals surface area contributed by atoms with Gasteiger partial charge in [-0.05, 0) is 25.2 Å². The standard InChI is InChI=1S/C12H29NSi/c1-5-9-11-14(12-10-6-2)13(7-3)8-4/h14H,5-12H2,1-4H3. The molecule has 0 N–H and O–H groups in total. The van der Waals surface area contributed by atoms with Crippen molar-refractivity contribution in [3.05, 3.63) is 0 Å². The maximum atomic E-state index is 2.77. The summed E-state index contributed by atoms with van der Waals surface area (Å²) in [7, 11) is -0.551. The first-order valence-corrected chi connectivity index (χ1v) is 8.68. The molecule has 0 fully saturated rings. The zero-order valence-electron chi connectivity index (χ0n) is 10.7. The second-order valence-corrected chi connectivity index (χ2v) is 7.35. The molecule has 0 aliphatic rings. The molecule has 0 aromatic heterocycles. The van der Waals surface area contributed by atoms with Crippen LogP contribution < -0.4 is 0 Å². The monoisotopic (exact) mass is 215 g/mol. The van der Waals surface area contributed by atoms with Crippen molar-refractivity contribution in [2.24, 2.45) is 0 Å². The van der Waals surface area contributed by atoms with Crippen LogP contribution >= 0.6 is 0 Å². The van der Waals surface area contributed by atoms with Gasteiger partial charge in [0.1, 0.15) is 8.96 Å². The topological polar surface area (TPSA) is 3.24 Å². The van der Waals surface area contributed by atoms with Gasteiger partial charge < -0.3 is 4.57 Å². The van der Waals surface area contributed by atoms with Crippen molar-refractivity contribution in [1.82, 2.24) is 4.57 Å². The summed E-state index contributed by atoms with van der Waals surface area (Å²) in [5, 5.41) is 0. The lowest BCUT2D eigenvalue weighted by atomic mass is 10.4. The molecule has 14 heavy (non-hydrogen) atoms. The Morgan fingerprint density at radius 3 is 1.50 bits per heavy atom. The van der Waals surface area contributed by atoms with Crippen LogP contribution in [0, 0.1) is 0 Å². The van der Waals surface area contributed by atoms with Gasteiger partial charge in [0.2, 0.25) is 0 Å². The van der Waals surface area contributed by atoms with Crippen molar-refractivity contribution in [2.45, 2.75) is 65.5 Å².